The van der Waals surface area contributed by atoms with Gasteiger partial charge in [-0.1, -0.05) is 13.8 Å². The lowest BCUT2D eigenvalue weighted by molar-refractivity contribution is -0.149. The quantitative estimate of drug-likeness (QED) is 0.639. The Morgan fingerprint density at radius 2 is 2.00 bits per heavy atom. The minimum absolute atomic E-state index is 0.140. The molecule has 0 aliphatic rings. The van der Waals surface area contributed by atoms with Crippen LogP contribution in [0.15, 0.2) is 0 Å². The summed E-state index contributed by atoms with van der Waals surface area (Å²) in [6, 6.07) is 1.92. The van der Waals surface area contributed by atoms with Gasteiger partial charge in [-0.2, -0.15) is 5.26 Å². The van der Waals surface area contributed by atoms with E-state index in [9.17, 15) is 9.59 Å². The number of hydrogen-bond acceptors (Lipinski definition) is 4. The van der Waals surface area contributed by atoms with Crippen molar-refractivity contribution >= 4 is 23.6 Å². The first kappa shape index (κ1) is 15.8. The highest BCUT2D eigenvalue weighted by molar-refractivity contribution is 8.00. The van der Waals surface area contributed by atoms with Crippen LogP contribution in [-0.2, 0) is 9.59 Å². The third kappa shape index (κ3) is 5.09. The summed E-state index contributed by atoms with van der Waals surface area (Å²) in [5.74, 6) is -0.652. The number of thioether (sulfide) groups is 1. The Morgan fingerprint density at radius 3 is 2.41 bits per heavy atom. The number of nitriles is 1. The van der Waals surface area contributed by atoms with Crippen LogP contribution in [0.1, 0.15) is 26.7 Å². The van der Waals surface area contributed by atoms with Gasteiger partial charge in [0.05, 0.1) is 23.0 Å². The lowest BCUT2D eigenvalue weighted by Crippen LogP contribution is -2.42. The summed E-state index contributed by atoms with van der Waals surface area (Å²) in [5.41, 5.74) is -0.879. The van der Waals surface area contributed by atoms with E-state index in [0.29, 0.717) is 12.8 Å². The fourth-order valence-corrected chi connectivity index (χ4v) is 1.87. The normalized spacial score (nSPS) is 10.6. The van der Waals surface area contributed by atoms with Crippen molar-refractivity contribution in [1.29, 1.82) is 5.26 Å². The van der Waals surface area contributed by atoms with Crippen molar-refractivity contribution in [3.63, 3.8) is 0 Å². The zero-order chi connectivity index (χ0) is 13.3. The van der Waals surface area contributed by atoms with Crippen LogP contribution in [0.3, 0.4) is 0 Å². The van der Waals surface area contributed by atoms with Crippen LogP contribution in [0, 0.1) is 16.7 Å². The molecule has 0 radical (unpaired) electrons. The Balaban J connectivity index is 4.19. The van der Waals surface area contributed by atoms with E-state index >= 15 is 0 Å². The lowest BCUT2D eigenvalue weighted by Gasteiger charge is -2.26. The smallest absolute Gasteiger partial charge is 0.311 e. The Labute approximate surface area is 106 Å². The third-order valence-electron chi connectivity index (χ3n) is 2.83. The summed E-state index contributed by atoms with van der Waals surface area (Å²) in [4.78, 5) is 22.5. The van der Waals surface area contributed by atoms with E-state index in [2.05, 4.69) is 5.32 Å². The number of nitrogens with zero attached hydrogens (tertiary/aromatic N) is 1. The zero-order valence-electron chi connectivity index (χ0n) is 10.2. The molecule has 0 aromatic rings. The minimum Gasteiger partial charge on any atom is -0.481 e. The van der Waals surface area contributed by atoms with E-state index in [1.807, 2.05) is 6.07 Å². The molecule has 0 saturated heterocycles. The second kappa shape index (κ2) is 7.96. The van der Waals surface area contributed by atoms with Gasteiger partial charge in [-0.25, -0.2) is 0 Å². The van der Waals surface area contributed by atoms with Gasteiger partial charge in [-0.3, -0.25) is 9.59 Å². The first-order valence-electron chi connectivity index (χ1n) is 5.47. The fourth-order valence-electron chi connectivity index (χ4n) is 1.39. The lowest BCUT2D eigenvalue weighted by atomic mass is 9.82. The van der Waals surface area contributed by atoms with Crippen LogP contribution < -0.4 is 5.32 Å². The summed E-state index contributed by atoms with van der Waals surface area (Å²) in [7, 11) is 0. The fraction of sp³-hybridized carbons (Fsp3) is 0.727. The summed E-state index contributed by atoms with van der Waals surface area (Å²) >= 11 is 1.21. The summed E-state index contributed by atoms with van der Waals surface area (Å²) in [5, 5.41) is 20.1. The summed E-state index contributed by atoms with van der Waals surface area (Å²) in [6.07, 6.45) is 0.953. The van der Waals surface area contributed by atoms with Gasteiger partial charge < -0.3 is 10.4 Å². The van der Waals surface area contributed by atoms with Gasteiger partial charge in [0.1, 0.15) is 0 Å². The average molecular weight is 258 g/mol. The van der Waals surface area contributed by atoms with E-state index in [0.717, 1.165) is 0 Å². The molecule has 2 N–H and O–H groups in total. The Morgan fingerprint density at radius 1 is 1.41 bits per heavy atom. The molecule has 0 aliphatic carbocycles. The SMILES string of the molecule is CCC(CC)(CNC(=O)CSCC#N)C(=O)O. The third-order valence-corrected chi connectivity index (χ3v) is 3.63. The van der Waals surface area contributed by atoms with Gasteiger partial charge in [0.25, 0.3) is 0 Å². The van der Waals surface area contributed by atoms with Gasteiger partial charge in [0.2, 0.25) is 5.91 Å². The van der Waals surface area contributed by atoms with Crippen LogP contribution in [0.4, 0.5) is 0 Å². The molecule has 0 heterocycles. The molecule has 0 saturated carbocycles. The molecule has 0 fully saturated rings. The predicted molar refractivity (Wildman–Crippen MR) is 66.6 cm³/mol. The highest BCUT2D eigenvalue weighted by Crippen LogP contribution is 2.25. The number of nitrogens with one attached hydrogen (secondary N) is 1. The van der Waals surface area contributed by atoms with E-state index in [4.69, 9.17) is 10.4 Å². The highest BCUT2D eigenvalue weighted by Gasteiger charge is 2.34. The number of rotatable bonds is 8. The van der Waals surface area contributed by atoms with Crippen LogP contribution in [-0.4, -0.2) is 35.0 Å². The monoisotopic (exact) mass is 258 g/mol. The number of carboxylic acid groups (broad SMARTS) is 1. The Bertz CT molecular complexity index is 308. The molecular formula is C11H18N2O3S. The van der Waals surface area contributed by atoms with Crippen molar-refractivity contribution in [1.82, 2.24) is 5.32 Å². The van der Waals surface area contributed by atoms with Gasteiger partial charge in [-0.15, -0.1) is 11.8 Å². The van der Waals surface area contributed by atoms with Crippen molar-refractivity contribution in [2.24, 2.45) is 5.41 Å². The maximum atomic E-state index is 11.4. The maximum absolute atomic E-state index is 11.4. The summed E-state index contributed by atoms with van der Waals surface area (Å²) < 4.78 is 0. The zero-order valence-corrected chi connectivity index (χ0v) is 11.0. The van der Waals surface area contributed by atoms with Crippen LogP contribution in [0.25, 0.3) is 0 Å². The molecule has 0 aromatic heterocycles. The number of amides is 1. The maximum Gasteiger partial charge on any atom is 0.311 e. The van der Waals surface area contributed by atoms with Crippen molar-refractivity contribution < 1.29 is 14.7 Å². The number of aliphatic carboxylic acids is 1. The largest absolute Gasteiger partial charge is 0.481 e. The minimum atomic E-state index is -0.882. The number of carbonyl (C=O) groups excluding carboxylic acids is 1. The van der Waals surface area contributed by atoms with E-state index in [1.165, 1.54) is 11.8 Å². The molecule has 17 heavy (non-hydrogen) atoms. The van der Waals surface area contributed by atoms with Crippen LogP contribution >= 0.6 is 11.8 Å². The van der Waals surface area contributed by atoms with Crippen LogP contribution in [0.2, 0.25) is 0 Å². The van der Waals surface area contributed by atoms with Crippen molar-refractivity contribution in [3.05, 3.63) is 0 Å². The number of carbonyl (C=O) groups is 2. The first-order valence-corrected chi connectivity index (χ1v) is 6.62. The second-order valence-corrected chi connectivity index (χ2v) is 4.71. The highest BCUT2D eigenvalue weighted by atomic mass is 32.2. The van der Waals surface area contributed by atoms with Gasteiger partial charge in [0, 0.05) is 6.54 Å². The van der Waals surface area contributed by atoms with E-state index < -0.39 is 11.4 Å². The molecule has 5 nitrogen and oxygen atoms in total. The van der Waals surface area contributed by atoms with Crippen LogP contribution in [0.5, 0.6) is 0 Å². The summed E-state index contributed by atoms with van der Waals surface area (Å²) in [6.45, 7) is 3.74. The molecular weight excluding hydrogens is 240 g/mol. The number of carboxylic acids is 1. The average Bonchev–Trinajstić information content (AvgIpc) is 2.31. The van der Waals surface area contributed by atoms with Gasteiger partial charge in [-0.05, 0) is 12.8 Å². The molecule has 96 valence electrons. The predicted octanol–water partition coefficient (Wildman–Crippen LogP) is 1.25. The molecule has 0 rings (SSSR count). The molecule has 6 heteroatoms. The molecule has 0 spiro atoms. The van der Waals surface area contributed by atoms with Crippen molar-refractivity contribution in [2.75, 3.05) is 18.1 Å². The van der Waals surface area contributed by atoms with E-state index in [1.54, 1.807) is 13.8 Å². The Hall–Kier alpha value is -1.22. The molecule has 0 unspecified atom stereocenters. The van der Waals surface area contributed by atoms with E-state index in [-0.39, 0.29) is 24.0 Å². The molecule has 0 atom stereocenters. The first-order chi connectivity index (χ1) is 8.02. The molecule has 0 aromatic carbocycles. The second-order valence-electron chi connectivity index (χ2n) is 3.72. The standard InChI is InChI=1S/C11H18N2O3S/c1-3-11(4-2,10(15)16)8-13-9(14)7-17-6-5-12/h3-4,6-8H2,1-2H3,(H,13,14)(H,15,16). The number of hydrogen-bond donors (Lipinski definition) is 2. The van der Waals surface area contributed by atoms with Crippen molar-refractivity contribution in [2.45, 2.75) is 26.7 Å². The van der Waals surface area contributed by atoms with Gasteiger partial charge in [0.15, 0.2) is 0 Å². The molecule has 1 amide bonds. The topological polar surface area (TPSA) is 90.2 Å². The van der Waals surface area contributed by atoms with Crippen molar-refractivity contribution in [3.8, 4) is 6.07 Å². The molecule has 0 aliphatic heterocycles. The Kier molecular flexibility index (Phi) is 7.39. The van der Waals surface area contributed by atoms with Gasteiger partial charge >= 0.3 is 5.97 Å². The molecule has 0 bridgehead atoms.